The van der Waals surface area contributed by atoms with E-state index >= 15 is 0 Å². The first-order valence-electron chi connectivity index (χ1n) is 6.68. The van der Waals surface area contributed by atoms with Crippen molar-refractivity contribution in [1.82, 2.24) is 14.5 Å². The lowest BCUT2D eigenvalue weighted by Crippen LogP contribution is -1.91. The molecule has 2 heterocycles. The second-order valence-corrected chi connectivity index (χ2v) is 5.52. The molecule has 4 heteroatoms. The molecule has 0 N–H and O–H groups in total. The van der Waals surface area contributed by atoms with Crippen molar-refractivity contribution in [1.29, 1.82) is 0 Å². The highest BCUT2D eigenvalue weighted by Gasteiger charge is 2.12. The number of fused-ring (bicyclic) bond motifs is 3. The Morgan fingerprint density at radius 2 is 2.00 bits per heavy atom. The zero-order chi connectivity index (χ0) is 14.4. The van der Waals surface area contributed by atoms with Gasteiger partial charge in [-0.05, 0) is 29.8 Å². The van der Waals surface area contributed by atoms with E-state index in [1.807, 2.05) is 31.4 Å². The van der Waals surface area contributed by atoms with Gasteiger partial charge >= 0.3 is 0 Å². The molecule has 0 aliphatic rings. The van der Waals surface area contributed by atoms with Crippen molar-refractivity contribution >= 4 is 33.4 Å². The van der Waals surface area contributed by atoms with Crippen LogP contribution in [0.2, 0.25) is 5.02 Å². The van der Waals surface area contributed by atoms with Gasteiger partial charge in [-0.3, -0.25) is 0 Å². The van der Waals surface area contributed by atoms with E-state index in [2.05, 4.69) is 38.9 Å². The largest absolute Gasteiger partial charge is 0.350 e. The molecule has 0 saturated heterocycles. The smallest absolute Gasteiger partial charge is 0.116 e. The van der Waals surface area contributed by atoms with Gasteiger partial charge in [-0.1, -0.05) is 23.7 Å². The maximum absolute atomic E-state index is 6.15. The second-order valence-electron chi connectivity index (χ2n) is 5.08. The normalized spacial score (nSPS) is 11.3. The second kappa shape index (κ2) is 4.57. The molecule has 2 aromatic carbocycles. The topological polar surface area (TPSA) is 30.7 Å². The van der Waals surface area contributed by atoms with Crippen molar-refractivity contribution < 1.29 is 0 Å². The van der Waals surface area contributed by atoms with Crippen LogP contribution in [0.25, 0.3) is 32.9 Å². The van der Waals surface area contributed by atoms with Crippen molar-refractivity contribution in [2.75, 3.05) is 0 Å². The summed E-state index contributed by atoms with van der Waals surface area (Å²) in [4.78, 5) is 8.54. The molecule has 3 nitrogen and oxygen atoms in total. The quantitative estimate of drug-likeness (QED) is 0.519. The zero-order valence-electron chi connectivity index (χ0n) is 11.4. The summed E-state index contributed by atoms with van der Waals surface area (Å²) in [6.45, 7) is 0. The van der Waals surface area contributed by atoms with E-state index in [4.69, 9.17) is 11.6 Å². The monoisotopic (exact) mass is 293 g/mol. The number of aryl methyl sites for hydroxylation is 1. The van der Waals surface area contributed by atoms with E-state index in [-0.39, 0.29) is 0 Å². The van der Waals surface area contributed by atoms with Crippen LogP contribution in [0.5, 0.6) is 0 Å². The highest BCUT2D eigenvalue weighted by atomic mass is 35.5. The summed E-state index contributed by atoms with van der Waals surface area (Å²) in [7, 11) is 2.05. The highest BCUT2D eigenvalue weighted by molar-refractivity contribution is 6.31. The van der Waals surface area contributed by atoms with E-state index in [0.29, 0.717) is 0 Å². The van der Waals surface area contributed by atoms with E-state index < -0.39 is 0 Å². The molecule has 4 aromatic rings. The van der Waals surface area contributed by atoms with E-state index in [1.165, 1.54) is 5.52 Å². The fourth-order valence-corrected chi connectivity index (χ4v) is 3.02. The molecule has 0 radical (unpaired) electrons. The Bertz CT molecular complexity index is 972. The van der Waals surface area contributed by atoms with E-state index in [0.717, 1.165) is 32.4 Å². The predicted molar refractivity (Wildman–Crippen MR) is 86.5 cm³/mol. The molecule has 0 saturated carbocycles. The number of rotatable bonds is 1. The molecule has 4 rings (SSSR count). The molecule has 21 heavy (non-hydrogen) atoms. The van der Waals surface area contributed by atoms with E-state index in [9.17, 15) is 0 Å². The maximum atomic E-state index is 6.15. The third-order valence-electron chi connectivity index (χ3n) is 3.78. The highest BCUT2D eigenvalue weighted by Crippen LogP contribution is 2.34. The summed E-state index contributed by atoms with van der Waals surface area (Å²) in [5, 5.41) is 2.96. The fraction of sp³-hybridized carbons (Fsp3) is 0.0588. The van der Waals surface area contributed by atoms with Crippen molar-refractivity contribution in [2.24, 2.45) is 7.05 Å². The Labute approximate surface area is 126 Å². The number of halogens is 1. The lowest BCUT2D eigenvalue weighted by atomic mass is 10.0. The van der Waals surface area contributed by atoms with Crippen LogP contribution in [-0.2, 0) is 7.05 Å². The third kappa shape index (κ3) is 1.89. The van der Waals surface area contributed by atoms with Gasteiger partial charge in [-0.15, -0.1) is 0 Å². The van der Waals surface area contributed by atoms with Gasteiger partial charge in [0.05, 0.1) is 11.0 Å². The standard InChI is InChI=1S/C17H12ClN3/c1-21-6-5-13-15-9-19-10-20-16(15)8-14(17(13)21)11-3-2-4-12(18)7-11/h2-10H,1H3. The first-order chi connectivity index (χ1) is 10.2. The molecule has 102 valence electrons. The lowest BCUT2D eigenvalue weighted by Gasteiger charge is -2.09. The molecule has 0 aliphatic heterocycles. The Kier molecular flexibility index (Phi) is 2.69. The third-order valence-corrected chi connectivity index (χ3v) is 4.01. The Hall–Kier alpha value is -2.39. The summed E-state index contributed by atoms with van der Waals surface area (Å²) < 4.78 is 2.12. The zero-order valence-corrected chi connectivity index (χ0v) is 12.2. The summed E-state index contributed by atoms with van der Waals surface area (Å²) in [6.07, 6.45) is 5.51. The van der Waals surface area contributed by atoms with Crippen molar-refractivity contribution in [3.63, 3.8) is 0 Å². The molecule has 0 atom stereocenters. The van der Waals surface area contributed by atoms with Crippen LogP contribution >= 0.6 is 11.6 Å². The van der Waals surface area contributed by atoms with Crippen molar-refractivity contribution in [3.8, 4) is 11.1 Å². The number of hydrogen-bond donors (Lipinski definition) is 0. The summed E-state index contributed by atoms with van der Waals surface area (Å²) in [6, 6.07) is 12.1. The van der Waals surface area contributed by atoms with Gasteiger partial charge in [0.2, 0.25) is 0 Å². The minimum absolute atomic E-state index is 0.734. The van der Waals surface area contributed by atoms with Crippen LogP contribution in [-0.4, -0.2) is 14.5 Å². The Morgan fingerprint density at radius 1 is 1.10 bits per heavy atom. The molecular formula is C17H12ClN3. The van der Waals surface area contributed by atoms with Gasteiger partial charge in [0.15, 0.2) is 0 Å². The Morgan fingerprint density at radius 3 is 2.86 bits per heavy atom. The predicted octanol–water partition coefficient (Wildman–Crippen LogP) is 4.44. The van der Waals surface area contributed by atoms with Crippen LogP contribution in [0.1, 0.15) is 0 Å². The van der Waals surface area contributed by atoms with Gasteiger partial charge in [-0.25, -0.2) is 9.97 Å². The van der Waals surface area contributed by atoms with Gasteiger partial charge in [0.25, 0.3) is 0 Å². The van der Waals surface area contributed by atoms with Gasteiger partial charge in [0.1, 0.15) is 6.33 Å². The minimum Gasteiger partial charge on any atom is -0.350 e. The van der Waals surface area contributed by atoms with E-state index in [1.54, 1.807) is 6.33 Å². The number of nitrogens with zero attached hydrogens (tertiary/aromatic N) is 3. The molecule has 0 fully saturated rings. The van der Waals surface area contributed by atoms with Gasteiger partial charge in [0, 0.05) is 40.8 Å². The van der Waals surface area contributed by atoms with Gasteiger partial charge in [-0.2, -0.15) is 0 Å². The van der Waals surface area contributed by atoms with Crippen molar-refractivity contribution in [3.05, 3.63) is 60.1 Å². The lowest BCUT2D eigenvalue weighted by molar-refractivity contribution is 0.970. The van der Waals surface area contributed by atoms with Crippen LogP contribution in [0.4, 0.5) is 0 Å². The summed E-state index contributed by atoms with van der Waals surface area (Å²) >= 11 is 6.15. The number of benzene rings is 2. The molecule has 0 aliphatic carbocycles. The minimum atomic E-state index is 0.734. The maximum Gasteiger partial charge on any atom is 0.116 e. The van der Waals surface area contributed by atoms with Crippen LogP contribution in [0.3, 0.4) is 0 Å². The molecule has 0 amide bonds. The average molecular weight is 294 g/mol. The molecule has 0 bridgehead atoms. The summed E-state index contributed by atoms with van der Waals surface area (Å²) in [5.41, 5.74) is 4.33. The number of aromatic nitrogens is 3. The van der Waals surface area contributed by atoms with Gasteiger partial charge < -0.3 is 4.57 Å². The average Bonchev–Trinajstić information content (AvgIpc) is 2.89. The Balaban J connectivity index is 2.18. The first-order valence-corrected chi connectivity index (χ1v) is 7.05. The SMILES string of the molecule is Cn1ccc2c3cncnc3cc(-c3cccc(Cl)c3)c21. The molecular weight excluding hydrogens is 282 g/mol. The van der Waals surface area contributed by atoms with Crippen LogP contribution < -0.4 is 0 Å². The first kappa shape index (κ1) is 12.4. The molecule has 0 unspecified atom stereocenters. The molecule has 0 spiro atoms. The fourth-order valence-electron chi connectivity index (χ4n) is 2.82. The number of hydrogen-bond acceptors (Lipinski definition) is 2. The molecule has 2 aromatic heterocycles. The summed E-state index contributed by atoms with van der Waals surface area (Å²) in [5.74, 6) is 0. The van der Waals surface area contributed by atoms with Crippen molar-refractivity contribution in [2.45, 2.75) is 0 Å². The van der Waals surface area contributed by atoms with Crippen LogP contribution in [0.15, 0.2) is 55.1 Å². The van der Waals surface area contributed by atoms with Crippen LogP contribution in [0, 0.1) is 0 Å².